The van der Waals surface area contributed by atoms with Gasteiger partial charge in [-0.3, -0.25) is 19.6 Å². The summed E-state index contributed by atoms with van der Waals surface area (Å²) in [4.78, 5) is 46.8. The molecule has 0 atom stereocenters. The summed E-state index contributed by atoms with van der Waals surface area (Å²) in [5.41, 5.74) is 1.56. The van der Waals surface area contributed by atoms with E-state index in [0.717, 1.165) is 23.6 Å². The van der Waals surface area contributed by atoms with Crippen LogP contribution in [0.3, 0.4) is 0 Å². The molecule has 1 fully saturated rings. The van der Waals surface area contributed by atoms with Gasteiger partial charge in [-0.2, -0.15) is 5.10 Å². The Hall–Kier alpha value is -4.13. The van der Waals surface area contributed by atoms with Crippen molar-refractivity contribution in [3.63, 3.8) is 0 Å². The van der Waals surface area contributed by atoms with Crippen LogP contribution in [0.1, 0.15) is 34.9 Å². The summed E-state index contributed by atoms with van der Waals surface area (Å²) in [5.74, 6) is 0.0152. The molecule has 13 heteroatoms. The van der Waals surface area contributed by atoms with Crippen molar-refractivity contribution in [2.75, 3.05) is 24.8 Å². The number of aromatic nitrogens is 6. The number of anilines is 3. The van der Waals surface area contributed by atoms with E-state index in [1.165, 1.54) is 31.4 Å². The van der Waals surface area contributed by atoms with Gasteiger partial charge in [-0.1, -0.05) is 0 Å². The van der Waals surface area contributed by atoms with Crippen molar-refractivity contribution >= 4 is 29.2 Å². The normalized spacial score (nSPS) is 12.8. The van der Waals surface area contributed by atoms with Gasteiger partial charge in [0.05, 0.1) is 49.0 Å². The quantitative estimate of drug-likeness (QED) is 0.522. The molecule has 3 aromatic rings. The van der Waals surface area contributed by atoms with Gasteiger partial charge in [0, 0.05) is 20.0 Å². The Morgan fingerprint density at radius 2 is 1.94 bits per heavy atom. The largest absolute Gasteiger partial charge is 0.418 e. The second kappa shape index (κ2) is 8.93. The smallest absolute Gasteiger partial charge is 0.387 e. The summed E-state index contributed by atoms with van der Waals surface area (Å²) in [6, 6.07) is 0. The first kappa shape index (κ1) is 21.1. The molecule has 166 valence electrons. The number of carbonyl (C=O) groups excluding carboxylic acids is 2. The number of nitrogens with zero attached hydrogens (tertiary/aromatic N) is 7. The fourth-order valence-electron chi connectivity index (χ4n) is 2.86. The van der Waals surface area contributed by atoms with Crippen LogP contribution >= 0.6 is 0 Å². The highest BCUT2D eigenvalue weighted by Gasteiger charge is 2.28. The standard InChI is InChI=1S/C19H21N9O4/c1-27-15(18(29)28(2)31-3)14(9-23-27)26-19(30)32-17-16(24-12-6-20-10-21-7-12)22-8-13(25-17)11-4-5-11/h6-11H,4-5H2,1-3H3,(H,22,24)(H,26,30). The number of aryl methyl sites for hydroxylation is 1. The molecule has 1 aliphatic rings. The molecular weight excluding hydrogens is 418 g/mol. The maximum absolute atomic E-state index is 12.7. The van der Waals surface area contributed by atoms with Crippen LogP contribution in [0.2, 0.25) is 0 Å². The number of hydrogen-bond acceptors (Lipinski definition) is 10. The molecule has 4 rings (SSSR count). The topological polar surface area (TPSA) is 149 Å². The van der Waals surface area contributed by atoms with E-state index >= 15 is 0 Å². The van der Waals surface area contributed by atoms with Gasteiger partial charge in [0.25, 0.3) is 11.8 Å². The Morgan fingerprint density at radius 3 is 2.62 bits per heavy atom. The second-order valence-corrected chi connectivity index (χ2v) is 7.01. The first-order chi connectivity index (χ1) is 15.5. The number of carbonyl (C=O) groups is 2. The van der Waals surface area contributed by atoms with Crippen LogP contribution in [0.5, 0.6) is 5.88 Å². The van der Waals surface area contributed by atoms with Crippen molar-refractivity contribution in [1.29, 1.82) is 0 Å². The molecule has 0 aliphatic heterocycles. The molecule has 1 saturated carbocycles. The Bertz CT molecular complexity index is 1130. The lowest BCUT2D eigenvalue weighted by Crippen LogP contribution is -2.29. The van der Waals surface area contributed by atoms with E-state index in [0.29, 0.717) is 11.6 Å². The molecule has 0 spiro atoms. The summed E-state index contributed by atoms with van der Waals surface area (Å²) in [7, 11) is 4.37. The zero-order chi connectivity index (χ0) is 22.7. The minimum atomic E-state index is -0.860. The minimum absolute atomic E-state index is 0.0125. The van der Waals surface area contributed by atoms with Crippen LogP contribution in [0.15, 0.2) is 31.1 Å². The molecule has 2 N–H and O–H groups in total. The van der Waals surface area contributed by atoms with Gasteiger partial charge in [-0.25, -0.2) is 29.8 Å². The van der Waals surface area contributed by atoms with Gasteiger partial charge >= 0.3 is 6.09 Å². The van der Waals surface area contributed by atoms with Crippen molar-refractivity contribution in [3.8, 4) is 5.88 Å². The lowest BCUT2D eigenvalue weighted by atomic mass is 10.3. The van der Waals surface area contributed by atoms with E-state index in [9.17, 15) is 9.59 Å². The number of hydroxylamine groups is 2. The molecule has 1 aliphatic carbocycles. The average molecular weight is 439 g/mol. The van der Waals surface area contributed by atoms with Crippen LogP contribution in [-0.2, 0) is 11.9 Å². The highest BCUT2D eigenvalue weighted by Crippen LogP contribution is 2.40. The molecule has 13 nitrogen and oxygen atoms in total. The predicted octanol–water partition coefficient (Wildman–Crippen LogP) is 1.87. The van der Waals surface area contributed by atoms with E-state index in [1.54, 1.807) is 25.6 Å². The third-order valence-corrected chi connectivity index (χ3v) is 4.71. The van der Waals surface area contributed by atoms with Crippen molar-refractivity contribution in [3.05, 3.63) is 42.5 Å². The van der Waals surface area contributed by atoms with Gasteiger partial charge in [-0.15, -0.1) is 0 Å². The maximum Gasteiger partial charge on any atom is 0.418 e. The molecule has 0 saturated heterocycles. The first-order valence-electron chi connectivity index (χ1n) is 9.68. The van der Waals surface area contributed by atoms with Gasteiger partial charge in [0.2, 0.25) is 0 Å². The SMILES string of the molecule is CON(C)C(=O)c1c(NC(=O)Oc2nc(C3CC3)cnc2Nc2cncnc2)cnn1C. The average Bonchev–Trinajstić information content (AvgIpc) is 3.58. The van der Waals surface area contributed by atoms with Crippen molar-refractivity contribution in [2.24, 2.45) is 7.05 Å². The number of nitrogens with one attached hydrogen (secondary N) is 2. The molecule has 0 radical (unpaired) electrons. The minimum Gasteiger partial charge on any atom is -0.387 e. The van der Waals surface area contributed by atoms with Crippen molar-refractivity contribution < 1.29 is 19.2 Å². The van der Waals surface area contributed by atoms with Gasteiger partial charge in [0.15, 0.2) is 11.5 Å². The van der Waals surface area contributed by atoms with Crippen LogP contribution in [-0.4, -0.2) is 60.9 Å². The summed E-state index contributed by atoms with van der Waals surface area (Å²) in [5, 5.41) is 10.6. The summed E-state index contributed by atoms with van der Waals surface area (Å²) in [6.45, 7) is 0. The van der Waals surface area contributed by atoms with Crippen LogP contribution in [0.4, 0.5) is 22.0 Å². The number of ether oxygens (including phenoxy) is 1. The molecule has 0 aromatic carbocycles. The van der Waals surface area contributed by atoms with Gasteiger partial charge in [0.1, 0.15) is 6.33 Å². The summed E-state index contributed by atoms with van der Waals surface area (Å²) >= 11 is 0. The van der Waals surface area contributed by atoms with Crippen molar-refractivity contribution in [2.45, 2.75) is 18.8 Å². The summed E-state index contributed by atoms with van der Waals surface area (Å²) in [6.07, 6.45) is 8.63. The molecule has 3 aromatic heterocycles. The summed E-state index contributed by atoms with van der Waals surface area (Å²) < 4.78 is 6.77. The molecule has 2 amide bonds. The number of amides is 2. The molecule has 32 heavy (non-hydrogen) atoms. The van der Waals surface area contributed by atoms with Gasteiger partial charge in [-0.05, 0) is 12.8 Å². The van der Waals surface area contributed by atoms with Crippen LogP contribution in [0.25, 0.3) is 0 Å². The molecule has 0 unspecified atom stereocenters. The fraction of sp³-hybridized carbons (Fsp3) is 0.316. The monoisotopic (exact) mass is 439 g/mol. The Kier molecular flexibility index (Phi) is 5.89. The zero-order valence-electron chi connectivity index (χ0n) is 17.6. The third-order valence-electron chi connectivity index (χ3n) is 4.71. The van der Waals surface area contributed by atoms with Gasteiger partial charge < -0.3 is 10.1 Å². The highest BCUT2D eigenvalue weighted by molar-refractivity contribution is 6.00. The van der Waals surface area contributed by atoms with E-state index in [4.69, 9.17) is 9.57 Å². The number of rotatable bonds is 7. The van der Waals surface area contributed by atoms with E-state index in [2.05, 4.69) is 35.7 Å². The fourth-order valence-corrected chi connectivity index (χ4v) is 2.86. The van der Waals surface area contributed by atoms with E-state index < -0.39 is 12.0 Å². The second-order valence-electron chi connectivity index (χ2n) is 7.01. The van der Waals surface area contributed by atoms with Crippen molar-refractivity contribution in [1.82, 2.24) is 34.8 Å². The lowest BCUT2D eigenvalue weighted by Gasteiger charge is -2.15. The van der Waals surface area contributed by atoms with Crippen LogP contribution < -0.4 is 15.4 Å². The zero-order valence-corrected chi connectivity index (χ0v) is 17.6. The van der Waals surface area contributed by atoms with E-state index in [1.807, 2.05) is 0 Å². The Labute approximate surface area is 182 Å². The highest BCUT2D eigenvalue weighted by atomic mass is 16.7. The maximum atomic E-state index is 12.7. The Balaban J connectivity index is 1.55. The Morgan fingerprint density at radius 1 is 1.19 bits per heavy atom. The molecule has 3 heterocycles. The molecular formula is C19H21N9O4. The third kappa shape index (κ3) is 4.62. The number of hydrogen-bond donors (Lipinski definition) is 2. The van der Waals surface area contributed by atoms with E-state index in [-0.39, 0.29) is 23.1 Å². The lowest BCUT2D eigenvalue weighted by molar-refractivity contribution is -0.0762. The molecule has 0 bridgehead atoms. The first-order valence-corrected chi connectivity index (χ1v) is 9.68. The van der Waals surface area contributed by atoms with Crippen LogP contribution in [0, 0.1) is 0 Å². The predicted molar refractivity (Wildman–Crippen MR) is 111 cm³/mol.